The lowest BCUT2D eigenvalue weighted by atomic mass is 10.1. The number of phenols is 2. The molecule has 0 unspecified atom stereocenters. The van der Waals surface area contributed by atoms with Crippen molar-refractivity contribution in [2.45, 2.75) is 13.0 Å². The maximum atomic E-state index is 10.7. The van der Waals surface area contributed by atoms with Crippen molar-refractivity contribution in [3.8, 4) is 11.5 Å². The van der Waals surface area contributed by atoms with Gasteiger partial charge in [-0.25, -0.2) is 0 Å². The van der Waals surface area contributed by atoms with Gasteiger partial charge < -0.3 is 20.1 Å². The number of aliphatic hydroxyl groups is 1. The number of carbonyl (C=O) groups excluding carboxylic acids is 1. The molecule has 0 aromatic heterocycles. The first-order valence-electron chi connectivity index (χ1n) is 4.34. The minimum Gasteiger partial charge on any atom is -0.504 e. The molecule has 0 bridgehead atoms. The largest absolute Gasteiger partial charge is 0.504 e. The van der Waals surface area contributed by atoms with Gasteiger partial charge in [0.2, 0.25) is 0 Å². The molecule has 0 aliphatic rings. The summed E-state index contributed by atoms with van der Waals surface area (Å²) in [6.07, 6.45) is -0.825. The number of phenolic OH excluding ortho intramolecular Hbond substituents is 2. The molecule has 1 aromatic rings. The lowest BCUT2D eigenvalue weighted by molar-refractivity contribution is -0.148. The summed E-state index contributed by atoms with van der Waals surface area (Å²) in [5.41, 5.74) is 0.419. The van der Waals surface area contributed by atoms with E-state index in [1.807, 2.05) is 0 Å². The van der Waals surface area contributed by atoms with E-state index in [0.717, 1.165) is 0 Å². The zero-order valence-corrected chi connectivity index (χ0v) is 8.17. The van der Waals surface area contributed by atoms with Gasteiger partial charge in [0.05, 0.1) is 6.61 Å². The van der Waals surface area contributed by atoms with Crippen LogP contribution in [0.4, 0.5) is 0 Å². The second kappa shape index (κ2) is 4.65. The van der Waals surface area contributed by atoms with E-state index in [1.54, 1.807) is 0 Å². The van der Waals surface area contributed by atoms with E-state index < -0.39 is 12.1 Å². The fourth-order valence-corrected chi connectivity index (χ4v) is 1.15. The number of aromatic hydroxyl groups is 2. The Kier molecular flexibility index (Phi) is 3.51. The van der Waals surface area contributed by atoms with Gasteiger partial charge in [-0.2, -0.15) is 0 Å². The molecule has 0 heterocycles. The molecule has 0 aliphatic carbocycles. The number of ether oxygens (including phenoxy) is 1. The van der Waals surface area contributed by atoms with Crippen LogP contribution in [0.1, 0.15) is 18.6 Å². The number of rotatable bonds is 3. The predicted octanol–water partition coefficient (Wildman–Crippen LogP) is 0.694. The highest BCUT2D eigenvalue weighted by molar-refractivity contribution is 5.66. The predicted molar refractivity (Wildman–Crippen MR) is 51.4 cm³/mol. The highest BCUT2D eigenvalue weighted by atomic mass is 16.5. The average Bonchev–Trinajstić information content (AvgIpc) is 2.18. The molecule has 5 heteroatoms. The monoisotopic (exact) mass is 212 g/mol. The summed E-state index contributed by atoms with van der Waals surface area (Å²) in [6.45, 7) is 0.840. The van der Waals surface area contributed by atoms with Gasteiger partial charge in [-0.15, -0.1) is 0 Å². The number of hydrogen-bond donors (Lipinski definition) is 3. The van der Waals surface area contributed by atoms with Crippen molar-refractivity contribution in [1.82, 2.24) is 0 Å². The first kappa shape index (κ1) is 11.3. The zero-order chi connectivity index (χ0) is 11.4. The summed E-state index contributed by atoms with van der Waals surface area (Å²) >= 11 is 0. The summed E-state index contributed by atoms with van der Waals surface area (Å²) in [6, 6.07) is 3.95. The topological polar surface area (TPSA) is 87.0 Å². The molecular weight excluding hydrogens is 200 g/mol. The molecule has 82 valence electrons. The Balaban J connectivity index is 2.92. The van der Waals surface area contributed by atoms with E-state index in [0.29, 0.717) is 5.56 Å². The van der Waals surface area contributed by atoms with Crippen molar-refractivity contribution < 1.29 is 24.9 Å². The molecular formula is C10H12O5. The van der Waals surface area contributed by atoms with E-state index >= 15 is 0 Å². The molecule has 3 N–H and O–H groups in total. The van der Waals surface area contributed by atoms with Crippen molar-refractivity contribution in [3.05, 3.63) is 23.8 Å². The Morgan fingerprint density at radius 1 is 1.40 bits per heavy atom. The molecule has 0 saturated heterocycles. The Morgan fingerprint density at radius 3 is 2.53 bits per heavy atom. The summed E-state index contributed by atoms with van der Waals surface area (Å²) < 4.78 is 4.80. The third-order valence-electron chi connectivity index (χ3n) is 1.85. The number of aliphatic hydroxyl groups excluding tert-OH is 1. The van der Waals surface area contributed by atoms with Crippen LogP contribution in [-0.4, -0.2) is 27.9 Å². The average molecular weight is 212 g/mol. The third-order valence-corrected chi connectivity index (χ3v) is 1.85. The van der Waals surface area contributed by atoms with Crippen LogP contribution < -0.4 is 0 Å². The molecule has 0 fully saturated rings. The fraction of sp³-hybridized carbons (Fsp3) is 0.300. The molecule has 0 spiro atoms. The van der Waals surface area contributed by atoms with E-state index in [2.05, 4.69) is 0 Å². The SMILES string of the molecule is CC(=O)O[C@H](CO)c1ccc(O)c(O)c1. The van der Waals surface area contributed by atoms with Crippen LogP contribution in [0.5, 0.6) is 11.5 Å². The first-order chi connectivity index (χ1) is 7.04. The molecule has 1 rings (SSSR count). The van der Waals surface area contributed by atoms with Gasteiger partial charge in [0.1, 0.15) is 6.10 Å². The Hall–Kier alpha value is -1.75. The molecule has 1 aromatic carbocycles. The minimum absolute atomic E-state index is 0.265. The number of hydrogen-bond acceptors (Lipinski definition) is 5. The Bertz CT molecular complexity index is 361. The summed E-state index contributed by atoms with van der Waals surface area (Å²) in [5, 5.41) is 27.2. The van der Waals surface area contributed by atoms with Gasteiger partial charge in [0.25, 0.3) is 0 Å². The Morgan fingerprint density at radius 2 is 2.07 bits per heavy atom. The van der Waals surface area contributed by atoms with Crippen LogP contribution in [0, 0.1) is 0 Å². The molecule has 0 saturated carbocycles. The van der Waals surface area contributed by atoms with Gasteiger partial charge in [0.15, 0.2) is 11.5 Å². The molecule has 0 amide bonds. The van der Waals surface area contributed by atoms with Crippen molar-refractivity contribution in [1.29, 1.82) is 0 Å². The molecule has 15 heavy (non-hydrogen) atoms. The number of carbonyl (C=O) groups is 1. The van der Waals surface area contributed by atoms with Crippen LogP contribution in [0.3, 0.4) is 0 Å². The van der Waals surface area contributed by atoms with Crippen LogP contribution in [0.15, 0.2) is 18.2 Å². The lowest BCUT2D eigenvalue weighted by Crippen LogP contribution is -2.12. The maximum absolute atomic E-state index is 10.7. The zero-order valence-electron chi connectivity index (χ0n) is 8.17. The van der Waals surface area contributed by atoms with Crippen molar-refractivity contribution in [3.63, 3.8) is 0 Å². The van der Waals surface area contributed by atoms with Crippen LogP contribution in [-0.2, 0) is 9.53 Å². The van der Waals surface area contributed by atoms with Crippen molar-refractivity contribution in [2.75, 3.05) is 6.61 Å². The molecule has 1 atom stereocenters. The summed E-state index contributed by atoms with van der Waals surface area (Å²) in [7, 11) is 0. The van der Waals surface area contributed by atoms with Crippen LogP contribution in [0.25, 0.3) is 0 Å². The number of esters is 1. The van der Waals surface area contributed by atoms with Crippen molar-refractivity contribution in [2.24, 2.45) is 0 Å². The van der Waals surface area contributed by atoms with E-state index in [9.17, 15) is 9.90 Å². The highest BCUT2D eigenvalue weighted by Crippen LogP contribution is 2.28. The second-order valence-electron chi connectivity index (χ2n) is 3.03. The van der Waals surface area contributed by atoms with Gasteiger partial charge >= 0.3 is 5.97 Å². The number of benzene rings is 1. The normalized spacial score (nSPS) is 12.1. The standard InChI is InChI=1S/C10H12O5/c1-6(12)15-10(5-11)7-2-3-8(13)9(14)4-7/h2-4,10-11,13-14H,5H2,1H3/t10-/m1/s1. The van der Waals surface area contributed by atoms with Crippen molar-refractivity contribution >= 4 is 5.97 Å². The lowest BCUT2D eigenvalue weighted by Gasteiger charge is -2.14. The molecule has 0 radical (unpaired) electrons. The molecule has 5 nitrogen and oxygen atoms in total. The quantitative estimate of drug-likeness (QED) is 0.507. The van der Waals surface area contributed by atoms with E-state index in [4.69, 9.17) is 14.9 Å². The van der Waals surface area contributed by atoms with E-state index in [1.165, 1.54) is 25.1 Å². The summed E-state index contributed by atoms with van der Waals surface area (Å²) in [5.74, 6) is -1.11. The fourth-order valence-electron chi connectivity index (χ4n) is 1.15. The van der Waals surface area contributed by atoms with Gasteiger partial charge in [-0.3, -0.25) is 4.79 Å². The second-order valence-corrected chi connectivity index (χ2v) is 3.03. The first-order valence-corrected chi connectivity index (χ1v) is 4.34. The van der Waals surface area contributed by atoms with Crippen LogP contribution in [0.2, 0.25) is 0 Å². The van der Waals surface area contributed by atoms with Gasteiger partial charge in [0, 0.05) is 6.92 Å². The minimum atomic E-state index is -0.825. The third kappa shape index (κ3) is 2.85. The van der Waals surface area contributed by atoms with Crippen LogP contribution >= 0.6 is 0 Å². The summed E-state index contributed by atoms with van der Waals surface area (Å²) in [4.78, 5) is 10.7. The smallest absolute Gasteiger partial charge is 0.303 e. The van der Waals surface area contributed by atoms with Gasteiger partial charge in [-0.05, 0) is 17.7 Å². The Labute approximate surface area is 86.5 Å². The highest BCUT2D eigenvalue weighted by Gasteiger charge is 2.14. The van der Waals surface area contributed by atoms with Gasteiger partial charge in [-0.1, -0.05) is 6.07 Å². The molecule has 0 aliphatic heterocycles. The van der Waals surface area contributed by atoms with E-state index in [-0.39, 0.29) is 18.1 Å². The maximum Gasteiger partial charge on any atom is 0.303 e.